The van der Waals surface area contributed by atoms with E-state index in [0.717, 1.165) is 54.8 Å². The zero-order chi connectivity index (χ0) is 19.0. The van der Waals surface area contributed by atoms with E-state index in [1.165, 1.54) is 4.90 Å². The molecule has 27 heavy (non-hydrogen) atoms. The van der Waals surface area contributed by atoms with Crippen molar-refractivity contribution < 1.29 is 19.3 Å². The van der Waals surface area contributed by atoms with Gasteiger partial charge in [-0.2, -0.15) is 0 Å². The van der Waals surface area contributed by atoms with Crippen LogP contribution in [-0.4, -0.2) is 38.3 Å². The lowest BCUT2D eigenvalue weighted by Crippen LogP contribution is -3.26. The van der Waals surface area contributed by atoms with Crippen molar-refractivity contribution in [3.8, 4) is 16.9 Å². The molecule has 0 bridgehead atoms. The van der Waals surface area contributed by atoms with Crippen LogP contribution in [0.25, 0.3) is 22.1 Å². The molecule has 140 valence electrons. The molecule has 3 N–H and O–H groups in total. The van der Waals surface area contributed by atoms with E-state index in [1.807, 2.05) is 43.3 Å². The van der Waals surface area contributed by atoms with Gasteiger partial charge in [-0.25, -0.2) is 4.79 Å². The summed E-state index contributed by atoms with van der Waals surface area (Å²) in [5.41, 5.74) is 3.45. The first-order valence-electron chi connectivity index (χ1n) is 9.52. The Morgan fingerprint density at radius 1 is 1.07 bits per heavy atom. The number of quaternary nitrogens is 2. The topological polar surface area (TPSA) is 59.3 Å². The lowest BCUT2D eigenvalue weighted by atomic mass is 9.97. The van der Waals surface area contributed by atoms with Crippen LogP contribution < -0.4 is 15.4 Å². The molecule has 0 radical (unpaired) electrons. The van der Waals surface area contributed by atoms with Gasteiger partial charge in [0.2, 0.25) is 0 Å². The van der Waals surface area contributed by atoms with Crippen molar-refractivity contribution in [2.45, 2.75) is 13.5 Å². The van der Waals surface area contributed by atoms with Crippen molar-refractivity contribution in [2.24, 2.45) is 0 Å². The average molecular weight is 366 g/mol. The molecule has 3 aromatic rings. The van der Waals surface area contributed by atoms with Crippen LogP contribution in [0.2, 0.25) is 0 Å². The summed E-state index contributed by atoms with van der Waals surface area (Å²) in [7, 11) is 2.22. The van der Waals surface area contributed by atoms with Crippen molar-refractivity contribution >= 4 is 11.0 Å². The van der Waals surface area contributed by atoms with Gasteiger partial charge >= 0.3 is 5.63 Å². The molecule has 1 aromatic heterocycles. The third-order valence-electron chi connectivity index (χ3n) is 5.65. The molecule has 1 aliphatic rings. The fourth-order valence-corrected chi connectivity index (χ4v) is 3.98. The van der Waals surface area contributed by atoms with E-state index in [2.05, 4.69) is 7.05 Å². The number of nitrogens with one attached hydrogen (secondary N) is 2. The SMILES string of the molecule is Cc1c(O)c(C[NH+]2CC[NH+](C)CC2)cc2c(-c3ccccc3)cc(=O)oc12. The van der Waals surface area contributed by atoms with E-state index < -0.39 is 5.63 Å². The molecule has 4 rings (SSSR count). The number of benzene rings is 2. The van der Waals surface area contributed by atoms with Gasteiger partial charge in [0, 0.05) is 22.6 Å². The van der Waals surface area contributed by atoms with Gasteiger partial charge in [0.1, 0.15) is 44.1 Å². The molecule has 1 fully saturated rings. The minimum atomic E-state index is -0.399. The Labute approximate surface area is 158 Å². The Kier molecular flexibility index (Phi) is 4.72. The Morgan fingerprint density at radius 3 is 2.48 bits per heavy atom. The molecule has 0 spiro atoms. The molecule has 0 saturated carbocycles. The lowest BCUT2D eigenvalue weighted by molar-refractivity contribution is -1.01. The first kappa shape index (κ1) is 17.8. The number of rotatable bonds is 3. The normalized spacial score (nSPS) is 20.1. The number of fused-ring (bicyclic) bond motifs is 1. The van der Waals surface area contributed by atoms with E-state index in [0.29, 0.717) is 11.1 Å². The van der Waals surface area contributed by atoms with Crippen LogP contribution in [0.5, 0.6) is 5.75 Å². The van der Waals surface area contributed by atoms with E-state index in [4.69, 9.17) is 4.42 Å². The molecule has 0 unspecified atom stereocenters. The number of aromatic hydroxyl groups is 1. The van der Waals surface area contributed by atoms with Crippen LogP contribution in [-0.2, 0) is 6.54 Å². The highest BCUT2D eigenvalue weighted by Crippen LogP contribution is 2.35. The van der Waals surface area contributed by atoms with Gasteiger partial charge in [-0.15, -0.1) is 0 Å². The number of hydrogen-bond donors (Lipinski definition) is 3. The molecule has 0 amide bonds. The van der Waals surface area contributed by atoms with Crippen LogP contribution in [0.1, 0.15) is 11.1 Å². The molecular formula is C22H26N2O3+2. The summed E-state index contributed by atoms with van der Waals surface area (Å²) in [6, 6.07) is 13.4. The van der Waals surface area contributed by atoms with Crippen molar-refractivity contribution in [1.82, 2.24) is 0 Å². The quantitative estimate of drug-likeness (QED) is 0.588. The molecule has 0 atom stereocenters. The van der Waals surface area contributed by atoms with E-state index in [-0.39, 0.29) is 5.75 Å². The van der Waals surface area contributed by atoms with Crippen LogP contribution in [0, 0.1) is 6.92 Å². The number of likely N-dealkylation sites (N-methyl/N-ethyl adjacent to an activating group) is 1. The monoisotopic (exact) mass is 366 g/mol. The summed E-state index contributed by atoms with van der Waals surface area (Å²) in [4.78, 5) is 15.2. The highest BCUT2D eigenvalue weighted by atomic mass is 16.4. The maximum atomic E-state index is 12.1. The fraction of sp³-hybridized carbons (Fsp3) is 0.318. The van der Waals surface area contributed by atoms with Crippen LogP contribution >= 0.6 is 0 Å². The van der Waals surface area contributed by atoms with Crippen molar-refractivity contribution in [3.63, 3.8) is 0 Å². The van der Waals surface area contributed by atoms with Gasteiger partial charge < -0.3 is 19.3 Å². The molecule has 0 aliphatic carbocycles. The maximum Gasteiger partial charge on any atom is 0.336 e. The molecule has 2 aromatic carbocycles. The largest absolute Gasteiger partial charge is 0.507 e. The van der Waals surface area contributed by atoms with Gasteiger partial charge in [-0.05, 0) is 24.1 Å². The summed E-state index contributed by atoms with van der Waals surface area (Å²) in [6.45, 7) is 7.08. The lowest BCUT2D eigenvalue weighted by Gasteiger charge is -2.27. The Hall–Kier alpha value is -2.63. The van der Waals surface area contributed by atoms with Crippen LogP contribution in [0.15, 0.2) is 51.7 Å². The number of piperazine rings is 1. The van der Waals surface area contributed by atoms with Gasteiger partial charge in [0.15, 0.2) is 0 Å². The molecule has 5 nitrogen and oxygen atoms in total. The highest BCUT2D eigenvalue weighted by Gasteiger charge is 2.23. The first-order valence-corrected chi connectivity index (χ1v) is 9.52. The van der Waals surface area contributed by atoms with E-state index in [1.54, 1.807) is 11.0 Å². The second kappa shape index (κ2) is 7.18. The van der Waals surface area contributed by atoms with Gasteiger partial charge in [0.05, 0.1) is 7.05 Å². The smallest absolute Gasteiger partial charge is 0.336 e. The molecule has 1 aliphatic heterocycles. The molecule has 2 heterocycles. The second-order valence-electron chi connectivity index (χ2n) is 7.62. The minimum absolute atomic E-state index is 0.245. The third-order valence-corrected chi connectivity index (χ3v) is 5.65. The Bertz CT molecular complexity index is 1020. The molecule has 1 saturated heterocycles. The van der Waals surface area contributed by atoms with Gasteiger partial charge in [0.25, 0.3) is 0 Å². The Morgan fingerprint density at radius 2 is 1.78 bits per heavy atom. The zero-order valence-electron chi connectivity index (χ0n) is 15.8. The van der Waals surface area contributed by atoms with Crippen LogP contribution in [0.3, 0.4) is 0 Å². The van der Waals surface area contributed by atoms with Crippen molar-refractivity contribution in [3.05, 3.63) is 64.0 Å². The van der Waals surface area contributed by atoms with E-state index in [9.17, 15) is 9.90 Å². The second-order valence-corrected chi connectivity index (χ2v) is 7.62. The highest BCUT2D eigenvalue weighted by molar-refractivity contribution is 5.96. The Balaban J connectivity index is 1.83. The summed E-state index contributed by atoms with van der Waals surface area (Å²) < 4.78 is 5.47. The van der Waals surface area contributed by atoms with Crippen LogP contribution in [0.4, 0.5) is 0 Å². The predicted molar refractivity (Wildman–Crippen MR) is 105 cm³/mol. The summed E-state index contributed by atoms with van der Waals surface area (Å²) in [5, 5.41) is 11.6. The standard InChI is InChI=1S/C22H24N2O3/c1-15-21(26)17(14-24-10-8-23(2)9-11-24)12-19-18(13-20(25)27-22(15)19)16-6-4-3-5-7-16/h3-7,12-13,26H,8-11,14H2,1-2H3/p+2. The maximum absolute atomic E-state index is 12.1. The predicted octanol–water partition coefficient (Wildman–Crippen LogP) is 0.387. The van der Waals surface area contributed by atoms with Gasteiger partial charge in [-0.3, -0.25) is 0 Å². The number of phenolic OH excluding ortho intramolecular Hbond substituents is 1. The third kappa shape index (κ3) is 3.48. The first-order chi connectivity index (χ1) is 13.0. The average Bonchev–Trinajstić information content (AvgIpc) is 2.68. The fourth-order valence-electron chi connectivity index (χ4n) is 3.98. The summed E-state index contributed by atoms with van der Waals surface area (Å²) >= 11 is 0. The number of aryl methyl sites for hydroxylation is 1. The minimum Gasteiger partial charge on any atom is -0.507 e. The summed E-state index contributed by atoms with van der Waals surface area (Å²) in [6.07, 6.45) is 0. The summed E-state index contributed by atoms with van der Waals surface area (Å²) in [5.74, 6) is 0.245. The zero-order valence-corrected chi connectivity index (χ0v) is 15.8. The molecular weight excluding hydrogens is 340 g/mol. The van der Waals surface area contributed by atoms with Gasteiger partial charge in [-0.1, -0.05) is 30.3 Å². The number of hydrogen-bond acceptors (Lipinski definition) is 3. The van der Waals surface area contributed by atoms with E-state index >= 15 is 0 Å². The van der Waals surface area contributed by atoms with Crippen molar-refractivity contribution in [2.75, 3.05) is 33.2 Å². The van der Waals surface area contributed by atoms with Crippen molar-refractivity contribution in [1.29, 1.82) is 0 Å². The number of phenols is 1. The molecule has 5 heteroatoms.